The van der Waals surface area contributed by atoms with Crippen LogP contribution in [0.2, 0.25) is 0 Å². The maximum absolute atomic E-state index is 6.58. The first-order valence-corrected chi connectivity index (χ1v) is 19.4. The molecule has 260 valence electrons. The van der Waals surface area contributed by atoms with Gasteiger partial charge in [-0.2, -0.15) is 0 Å². The zero-order chi connectivity index (χ0) is 36.8. The van der Waals surface area contributed by atoms with E-state index >= 15 is 0 Å². The van der Waals surface area contributed by atoms with Crippen molar-refractivity contribution in [2.75, 3.05) is 0 Å². The summed E-state index contributed by atoms with van der Waals surface area (Å²) >= 11 is 0. The summed E-state index contributed by atoms with van der Waals surface area (Å²) in [5.41, 5.74) is 13.7. The van der Waals surface area contributed by atoms with E-state index in [1.54, 1.807) is 0 Å². The van der Waals surface area contributed by atoms with Gasteiger partial charge in [-0.15, -0.1) is 0 Å². The highest BCUT2D eigenvalue weighted by atomic mass is 16.3. The molecule has 10 aromatic carbocycles. The molecule has 0 unspecified atom stereocenters. The standard InChI is InChI=1S/C55H34O/c1-3-19-42(20-4-1)55(43-21-5-2-6-22-43)48-32-40(45-24-13-25-50-53(45)47-31-37-16-9-10-17-38(37)34-51(47)56-50)28-29-46(48)54-49(55)33-39-18-11-12-23-44(39)52(54)41-27-26-35-14-7-8-15-36(35)30-41/h1-34H. The van der Waals surface area contributed by atoms with Crippen LogP contribution in [0.25, 0.3) is 87.6 Å². The molecule has 1 aliphatic rings. The predicted octanol–water partition coefficient (Wildman–Crippen LogP) is 14.7. The summed E-state index contributed by atoms with van der Waals surface area (Å²) in [4.78, 5) is 0. The van der Waals surface area contributed by atoms with Crippen LogP contribution in [0.5, 0.6) is 0 Å². The Labute approximate surface area is 324 Å². The van der Waals surface area contributed by atoms with Crippen molar-refractivity contribution in [3.05, 3.63) is 229 Å². The quantitative estimate of drug-likeness (QED) is 0.177. The summed E-state index contributed by atoms with van der Waals surface area (Å²) in [6, 6.07) is 76.1. The summed E-state index contributed by atoms with van der Waals surface area (Å²) in [6.45, 7) is 0. The van der Waals surface area contributed by atoms with Gasteiger partial charge in [0.15, 0.2) is 0 Å². The minimum atomic E-state index is -0.582. The Morgan fingerprint density at radius 2 is 0.946 bits per heavy atom. The van der Waals surface area contributed by atoms with E-state index in [0.29, 0.717) is 0 Å². The van der Waals surface area contributed by atoms with Gasteiger partial charge in [0, 0.05) is 10.8 Å². The molecule has 1 aliphatic carbocycles. The molecule has 1 nitrogen and oxygen atoms in total. The monoisotopic (exact) mass is 710 g/mol. The SMILES string of the molecule is c1ccc(C2(c3ccccc3)c3cc(-c4cccc5oc6cc7ccccc7cc6c45)ccc3-c3c2cc2ccccc2c3-c2ccc3ccccc3c2)cc1. The lowest BCUT2D eigenvalue weighted by atomic mass is 9.67. The second kappa shape index (κ2) is 11.9. The lowest BCUT2D eigenvalue weighted by molar-refractivity contribution is 0.669. The number of rotatable bonds is 4. The van der Waals surface area contributed by atoms with Crippen LogP contribution in [0.3, 0.4) is 0 Å². The Kier molecular flexibility index (Phi) is 6.62. The molecule has 0 saturated carbocycles. The van der Waals surface area contributed by atoms with Gasteiger partial charge in [0.2, 0.25) is 0 Å². The molecule has 0 saturated heterocycles. The molecule has 0 bridgehead atoms. The molecule has 56 heavy (non-hydrogen) atoms. The lowest BCUT2D eigenvalue weighted by Crippen LogP contribution is -2.28. The molecule has 1 aromatic heterocycles. The molecule has 0 aliphatic heterocycles. The van der Waals surface area contributed by atoms with Gasteiger partial charge in [0.1, 0.15) is 11.2 Å². The Bertz CT molecular complexity index is 3310. The van der Waals surface area contributed by atoms with Crippen LogP contribution in [0.1, 0.15) is 22.3 Å². The maximum Gasteiger partial charge on any atom is 0.136 e. The largest absolute Gasteiger partial charge is 0.456 e. The van der Waals surface area contributed by atoms with Gasteiger partial charge in [-0.1, -0.05) is 170 Å². The molecule has 0 fully saturated rings. The number of hydrogen-bond donors (Lipinski definition) is 0. The van der Waals surface area contributed by atoms with E-state index in [9.17, 15) is 0 Å². The van der Waals surface area contributed by atoms with Crippen LogP contribution < -0.4 is 0 Å². The van der Waals surface area contributed by atoms with Crippen molar-refractivity contribution in [3.63, 3.8) is 0 Å². The molecule has 0 atom stereocenters. The first-order valence-electron chi connectivity index (χ1n) is 19.4. The minimum Gasteiger partial charge on any atom is -0.456 e. The van der Waals surface area contributed by atoms with Crippen LogP contribution >= 0.6 is 0 Å². The molecule has 0 spiro atoms. The third kappa shape index (κ3) is 4.37. The lowest BCUT2D eigenvalue weighted by Gasteiger charge is -2.34. The maximum atomic E-state index is 6.58. The molecule has 11 aromatic rings. The highest BCUT2D eigenvalue weighted by Gasteiger charge is 2.47. The number of hydrogen-bond acceptors (Lipinski definition) is 1. The predicted molar refractivity (Wildman–Crippen MR) is 234 cm³/mol. The zero-order valence-corrected chi connectivity index (χ0v) is 30.5. The molecule has 0 amide bonds. The average Bonchev–Trinajstić information content (AvgIpc) is 3.77. The fourth-order valence-electron chi connectivity index (χ4n) is 9.87. The van der Waals surface area contributed by atoms with Gasteiger partial charge in [-0.3, -0.25) is 0 Å². The second-order valence-electron chi connectivity index (χ2n) is 15.2. The Morgan fingerprint density at radius 3 is 1.70 bits per heavy atom. The fraction of sp³-hybridized carbons (Fsp3) is 0.0182. The molecule has 0 radical (unpaired) electrons. The second-order valence-corrected chi connectivity index (χ2v) is 15.2. The first kappa shape index (κ1) is 31.2. The van der Waals surface area contributed by atoms with E-state index in [4.69, 9.17) is 4.42 Å². The fourth-order valence-corrected chi connectivity index (χ4v) is 9.87. The normalized spacial score (nSPS) is 13.1. The van der Waals surface area contributed by atoms with E-state index in [2.05, 4.69) is 206 Å². The van der Waals surface area contributed by atoms with Crippen LogP contribution in [-0.4, -0.2) is 0 Å². The summed E-state index contributed by atoms with van der Waals surface area (Å²) < 4.78 is 6.58. The Morgan fingerprint density at radius 1 is 0.321 bits per heavy atom. The van der Waals surface area contributed by atoms with Crippen LogP contribution in [0.15, 0.2) is 211 Å². The first-order chi connectivity index (χ1) is 27.8. The third-order valence-corrected chi connectivity index (χ3v) is 12.3. The molecule has 1 heterocycles. The smallest absolute Gasteiger partial charge is 0.136 e. The van der Waals surface area contributed by atoms with Crippen molar-refractivity contribution < 1.29 is 4.42 Å². The molecule has 1 heteroatoms. The van der Waals surface area contributed by atoms with E-state index in [1.165, 1.54) is 88.0 Å². The van der Waals surface area contributed by atoms with Gasteiger partial charge >= 0.3 is 0 Å². The van der Waals surface area contributed by atoms with Crippen molar-refractivity contribution >= 4 is 54.3 Å². The zero-order valence-electron chi connectivity index (χ0n) is 30.5. The Balaban J connectivity index is 1.22. The van der Waals surface area contributed by atoms with Gasteiger partial charge in [0.25, 0.3) is 0 Å². The van der Waals surface area contributed by atoms with Crippen LogP contribution in [0, 0.1) is 0 Å². The third-order valence-electron chi connectivity index (χ3n) is 12.3. The molecule has 0 N–H and O–H groups in total. The van der Waals surface area contributed by atoms with E-state index < -0.39 is 5.41 Å². The summed E-state index contributed by atoms with van der Waals surface area (Å²) in [5.74, 6) is 0. The number of benzene rings is 10. The van der Waals surface area contributed by atoms with Crippen molar-refractivity contribution in [3.8, 4) is 33.4 Å². The highest BCUT2D eigenvalue weighted by Crippen LogP contribution is 2.60. The topological polar surface area (TPSA) is 13.1 Å². The van der Waals surface area contributed by atoms with Crippen molar-refractivity contribution in [2.24, 2.45) is 0 Å². The Hall–Kier alpha value is -7.22. The summed E-state index contributed by atoms with van der Waals surface area (Å²) in [6.07, 6.45) is 0. The van der Waals surface area contributed by atoms with Crippen LogP contribution in [-0.2, 0) is 5.41 Å². The molecule has 12 rings (SSSR count). The van der Waals surface area contributed by atoms with Crippen LogP contribution in [0.4, 0.5) is 0 Å². The van der Waals surface area contributed by atoms with E-state index in [-0.39, 0.29) is 0 Å². The van der Waals surface area contributed by atoms with Gasteiger partial charge in [-0.05, 0) is 124 Å². The van der Waals surface area contributed by atoms with Gasteiger partial charge in [-0.25, -0.2) is 0 Å². The van der Waals surface area contributed by atoms with Crippen molar-refractivity contribution in [1.82, 2.24) is 0 Å². The highest BCUT2D eigenvalue weighted by molar-refractivity contribution is 6.16. The summed E-state index contributed by atoms with van der Waals surface area (Å²) in [5, 5.41) is 9.66. The number of fused-ring (bicyclic) bond motifs is 9. The van der Waals surface area contributed by atoms with E-state index in [0.717, 1.165) is 21.9 Å². The summed E-state index contributed by atoms with van der Waals surface area (Å²) in [7, 11) is 0. The van der Waals surface area contributed by atoms with Gasteiger partial charge in [0.05, 0.1) is 5.41 Å². The molecular formula is C55H34O. The van der Waals surface area contributed by atoms with Gasteiger partial charge < -0.3 is 4.42 Å². The average molecular weight is 711 g/mol. The van der Waals surface area contributed by atoms with E-state index in [1.807, 2.05) is 0 Å². The van der Waals surface area contributed by atoms with Crippen molar-refractivity contribution in [2.45, 2.75) is 5.41 Å². The minimum absolute atomic E-state index is 0.582. The number of furan rings is 1. The molecular weight excluding hydrogens is 677 g/mol. The van der Waals surface area contributed by atoms with Crippen molar-refractivity contribution in [1.29, 1.82) is 0 Å².